The maximum Gasteiger partial charge on any atom is 0.433 e. The predicted molar refractivity (Wildman–Crippen MR) is 143 cm³/mol. The number of hydrogen-bond acceptors (Lipinski definition) is 6. The second kappa shape index (κ2) is 11.6. The lowest BCUT2D eigenvalue weighted by Gasteiger charge is -2.24. The van der Waals surface area contributed by atoms with Gasteiger partial charge in [-0.2, -0.15) is 17.9 Å². The summed E-state index contributed by atoms with van der Waals surface area (Å²) in [6.45, 7) is 4.91. The van der Waals surface area contributed by atoms with Crippen LogP contribution in [0.5, 0.6) is 0 Å². The van der Waals surface area contributed by atoms with Crippen LogP contribution in [-0.2, 0) is 32.3 Å². The molecular formula is C28H27F4N3O5S. The number of benzene rings is 2. The molecule has 2 aromatic heterocycles. The third-order valence-electron chi connectivity index (χ3n) is 5.80. The molecule has 1 amide bonds. The number of nitrogens with zero attached hydrogens (tertiary/aromatic N) is 1. The molecule has 13 heteroatoms. The van der Waals surface area contributed by atoms with E-state index in [9.17, 15) is 30.8 Å². The van der Waals surface area contributed by atoms with E-state index in [1.54, 1.807) is 45.0 Å². The Kier molecular flexibility index (Phi) is 8.52. The van der Waals surface area contributed by atoms with Gasteiger partial charge in [-0.15, -0.1) is 0 Å². The summed E-state index contributed by atoms with van der Waals surface area (Å²) in [6.07, 6.45) is -3.44. The third kappa shape index (κ3) is 7.90. The van der Waals surface area contributed by atoms with Gasteiger partial charge >= 0.3 is 6.18 Å². The molecule has 218 valence electrons. The molecular weight excluding hydrogens is 566 g/mol. The Bertz CT molecular complexity index is 1650. The number of halogens is 4. The Labute approximate surface area is 233 Å². The normalized spacial score (nSPS) is 13.3. The number of hydrogen-bond donors (Lipinski definition) is 2. The van der Waals surface area contributed by atoms with Crippen molar-refractivity contribution in [3.63, 3.8) is 0 Å². The van der Waals surface area contributed by atoms with Crippen LogP contribution >= 0.6 is 0 Å². The number of ether oxygens (including phenoxy) is 1. The van der Waals surface area contributed by atoms with Crippen molar-refractivity contribution in [3.8, 4) is 11.1 Å². The SMILES string of the molecule is CC(C)(C)OC[C@H](NS(=O)(=O)c1cc2cc(F)ccc2o1)C(=O)NCc1cccc(-c2ccc(C(F)(F)F)nc2)c1. The van der Waals surface area contributed by atoms with E-state index >= 15 is 0 Å². The molecule has 1 atom stereocenters. The lowest BCUT2D eigenvalue weighted by molar-refractivity contribution is -0.141. The number of furan rings is 1. The minimum absolute atomic E-state index is 0.0155. The molecule has 4 aromatic rings. The highest BCUT2D eigenvalue weighted by Crippen LogP contribution is 2.29. The second-order valence-electron chi connectivity index (χ2n) is 10.2. The molecule has 0 fully saturated rings. The molecule has 0 saturated carbocycles. The molecule has 0 aliphatic carbocycles. The largest absolute Gasteiger partial charge is 0.443 e. The quantitative estimate of drug-likeness (QED) is 0.251. The Morgan fingerprint density at radius 2 is 1.78 bits per heavy atom. The highest BCUT2D eigenvalue weighted by molar-refractivity contribution is 7.89. The van der Waals surface area contributed by atoms with Crippen LogP contribution in [0.15, 0.2) is 76.4 Å². The molecule has 8 nitrogen and oxygen atoms in total. The van der Waals surface area contributed by atoms with E-state index in [0.29, 0.717) is 16.7 Å². The molecule has 0 aliphatic heterocycles. The number of carbonyl (C=O) groups excluding carboxylic acids is 1. The van der Waals surface area contributed by atoms with E-state index in [1.165, 1.54) is 12.1 Å². The fraction of sp³-hybridized carbons (Fsp3) is 0.286. The van der Waals surface area contributed by atoms with Gasteiger partial charge in [0.25, 0.3) is 10.0 Å². The second-order valence-corrected chi connectivity index (χ2v) is 11.8. The topological polar surface area (TPSA) is 111 Å². The first-order valence-electron chi connectivity index (χ1n) is 12.4. The first-order chi connectivity index (χ1) is 19.1. The Hall–Kier alpha value is -3.81. The Morgan fingerprint density at radius 3 is 2.44 bits per heavy atom. The van der Waals surface area contributed by atoms with E-state index in [0.717, 1.165) is 30.5 Å². The highest BCUT2D eigenvalue weighted by Gasteiger charge is 2.32. The summed E-state index contributed by atoms with van der Waals surface area (Å²) in [6, 6.07) is 12.3. The third-order valence-corrected chi connectivity index (χ3v) is 7.12. The smallest absolute Gasteiger partial charge is 0.433 e. The van der Waals surface area contributed by atoms with Crippen molar-refractivity contribution in [1.29, 1.82) is 0 Å². The van der Waals surface area contributed by atoms with Crippen molar-refractivity contribution in [1.82, 2.24) is 15.0 Å². The average molecular weight is 594 g/mol. The molecule has 2 N–H and O–H groups in total. The fourth-order valence-electron chi connectivity index (χ4n) is 3.77. The van der Waals surface area contributed by atoms with Crippen molar-refractivity contribution in [2.75, 3.05) is 6.61 Å². The minimum atomic E-state index is -4.55. The van der Waals surface area contributed by atoms with Crippen LogP contribution in [0.25, 0.3) is 22.1 Å². The summed E-state index contributed by atoms with van der Waals surface area (Å²) in [5, 5.41) is 2.40. The van der Waals surface area contributed by atoms with E-state index < -0.39 is 50.4 Å². The maximum absolute atomic E-state index is 13.6. The number of nitrogens with one attached hydrogen (secondary N) is 2. The van der Waals surface area contributed by atoms with Crippen LogP contribution in [0, 0.1) is 5.82 Å². The highest BCUT2D eigenvalue weighted by atomic mass is 32.2. The molecule has 0 spiro atoms. The van der Waals surface area contributed by atoms with Gasteiger partial charge in [-0.3, -0.25) is 9.78 Å². The van der Waals surface area contributed by atoms with Gasteiger partial charge in [0.1, 0.15) is 23.1 Å². The molecule has 2 heterocycles. The zero-order valence-corrected chi connectivity index (χ0v) is 23.1. The lowest BCUT2D eigenvalue weighted by Crippen LogP contribution is -2.50. The number of alkyl halides is 3. The summed E-state index contributed by atoms with van der Waals surface area (Å²) >= 11 is 0. The zero-order chi connectivity index (χ0) is 30.0. The van der Waals surface area contributed by atoms with Gasteiger partial charge in [-0.05, 0) is 62.2 Å². The van der Waals surface area contributed by atoms with Crippen LogP contribution < -0.4 is 10.0 Å². The standard InChI is InChI=1S/C28H27F4N3O5S/c1-27(2,3)39-16-22(35-41(37,38)25-13-20-12-21(29)8-9-23(20)40-25)26(36)34-14-17-5-4-6-18(11-17)19-7-10-24(33-15-19)28(30,31)32/h4-13,15,22,35H,14,16H2,1-3H3,(H,34,36)/t22-/m0/s1. The van der Waals surface area contributed by atoms with Crippen molar-refractivity contribution in [2.45, 2.75) is 50.2 Å². The zero-order valence-electron chi connectivity index (χ0n) is 22.3. The Balaban J connectivity index is 1.49. The van der Waals surface area contributed by atoms with Gasteiger partial charge in [-0.1, -0.05) is 24.3 Å². The molecule has 0 saturated heterocycles. The molecule has 41 heavy (non-hydrogen) atoms. The van der Waals surface area contributed by atoms with E-state index in [1.807, 2.05) is 0 Å². The average Bonchev–Trinajstić information content (AvgIpc) is 3.33. The molecule has 0 bridgehead atoms. The van der Waals surface area contributed by atoms with Crippen LogP contribution in [0.2, 0.25) is 0 Å². The number of rotatable bonds is 9. The molecule has 4 rings (SSSR count). The van der Waals surface area contributed by atoms with Gasteiger partial charge < -0.3 is 14.5 Å². The summed E-state index contributed by atoms with van der Waals surface area (Å²) in [5.41, 5.74) is 0.0830. The van der Waals surface area contributed by atoms with E-state index in [-0.39, 0.29) is 24.1 Å². The fourth-order valence-corrected chi connectivity index (χ4v) is 4.92. The first-order valence-corrected chi connectivity index (χ1v) is 13.8. The number of pyridine rings is 1. The number of aromatic nitrogens is 1. The summed E-state index contributed by atoms with van der Waals surface area (Å²) in [7, 11) is -4.35. The molecule has 0 aliphatic rings. The lowest BCUT2D eigenvalue weighted by atomic mass is 10.0. The predicted octanol–water partition coefficient (Wildman–Crippen LogP) is 5.43. The van der Waals surface area contributed by atoms with E-state index in [2.05, 4.69) is 15.0 Å². The van der Waals surface area contributed by atoms with Gasteiger partial charge in [0.15, 0.2) is 0 Å². The van der Waals surface area contributed by atoms with Gasteiger partial charge in [-0.25, -0.2) is 12.8 Å². The van der Waals surface area contributed by atoms with Crippen LogP contribution in [0.3, 0.4) is 0 Å². The molecule has 0 unspecified atom stereocenters. The number of fused-ring (bicyclic) bond motifs is 1. The van der Waals surface area contributed by atoms with Gasteiger partial charge in [0, 0.05) is 29.8 Å². The van der Waals surface area contributed by atoms with Crippen LogP contribution in [0.1, 0.15) is 32.0 Å². The van der Waals surface area contributed by atoms with Crippen molar-refractivity contribution < 1.29 is 39.9 Å². The molecule has 2 aromatic carbocycles. The summed E-state index contributed by atoms with van der Waals surface area (Å²) < 4.78 is 91.6. The monoisotopic (exact) mass is 593 g/mol. The molecule has 0 radical (unpaired) electrons. The van der Waals surface area contributed by atoms with Crippen molar-refractivity contribution in [2.24, 2.45) is 0 Å². The van der Waals surface area contributed by atoms with Crippen LogP contribution in [-0.4, -0.2) is 37.6 Å². The Morgan fingerprint density at radius 1 is 1.02 bits per heavy atom. The van der Waals surface area contributed by atoms with E-state index in [4.69, 9.17) is 9.15 Å². The minimum Gasteiger partial charge on any atom is -0.443 e. The van der Waals surface area contributed by atoms with Crippen LogP contribution in [0.4, 0.5) is 17.6 Å². The maximum atomic E-state index is 13.6. The number of amides is 1. The summed E-state index contributed by atoms with van der Waals surface area (Å²) in [4.78, 5) is 16.6. The van der Waals surface area contributed by atoms with Gasteiger partial charge in [0.2, 0.25) is 11.0 Å². The van der Waals surface area contributed by atoms with Gasteiger partial charge in [0.05, 0.1) is 12.2 Å². The number of carbonyl (C=O) groups is 1. The van der Waals surface area contributed by atoms with Crippen molar-refractivity contribution >= 4 is 26.9 Å². The summed E-state index contributed by atoms with van der Waals surface area (Å²) in [5.74, 6) is -1.26. The first kappa shape index (κ1) is 30.2. The van der Waals surface area contributed by atoms with Crippen molar-refractivity contribution in [3.05, 3.63) is 83.9 Å². The number of sulfonamides is 1.